The topological polar surface area (TPSA) is 69.2 Å². The summed E-state index contributed by atoms with van der Waals surface area (Å²) in [6.07, 6.45) is 3.51. The summed E-state index contributed by atoms with van der Waals surface area (Å²) in [5, 5.41) is 7.56. The van der Waals surface area contributed by atoms with E-state index in [-0.39, 0.29) is 6.09 Å². The van der Waals surface area contributed by atoms with Gasteiger partial charge in [0.1, 0.15) is 5.60 Å². The lowest BCUT2D eigenvalue weighted by molar-refractivity contribution is 0.0145. The van der Waals surface area contributed by atoms with Gasteiger partial charge in [-0.3, -0.25) is 9.89 Å². The summed E-state index contributed by atoms with van der Waals surface area (Å²) in [6, 6.07) is 0. The Labute approximate surface area is 168 Å². The fourth-order valence-corrected chi connectivity index (χ4v) is 4.43. The summed E-state index contributed by atoms with van der Waals surface area (Å²) in [4.78, 5) is 20.6. The van der Waals surface area contributed by atoms with Crippen molar-refractivity contribution in [3.8, 4) is 0 Å². The fraction of sp³-hybridized carbons (Fsp3) is 0.895. The number of aliphatic imine (C=N–C) groups is 1. The van der Waals surface area contributed by atoms with Crippen LogP contribution in [0.5, 0.6) is 0 Å². The largest absolute Gasteiger partial charge is 0.444 e. The highest BCUT2D eigenvalue weighted by Gasteiger charge is 2.25. The number of nitrogens with one attached hydrogen (secondary N) is 2. The second kappa shape index (κ2) is 11.0. The van der Waals surface area contributed by atoms with E-state index in [2.05, 4.69) is 32.3 Å². The van der Waals surface area contributed by atoms with E-state index >= 15 is 0 Å². The van der Waals surface area contributed by atoms with E-state index in [1.807, 2.05) is 32.7 Å². The van der Waals surface area contributed by atoms with E-state index in [4.69, 9.17) is 4.74 Å². The highest BCUT2D eigenvalue weighted by molar-refractivity contribution is 8.00. The molecule has 2 aliphatic heterocycles. The first-order chi connectivity index (χ1) is 12.9. The number of thioether (sulfide) groups is 1. The molecule has 156 valence electrons. The van der Waals surface area contributed by atoms with Gasteiger partial charge in [-0.05, 0) is 52.3 Å². The van der Waals surface area contributed by atoms with E-state index < -0.39 is 5.60 Å². The minimum atomic E-state index is -0.428. The van der Waals surface area contributed by atoms with Crippen molar-refractivity contribution in [2.24, 2.45) is 4.99 Å². The van der Waals surface area contributed by atoms with E-state index in [9.17, 15) is 4.79 Å². The Kier molecular flexibility index (Phi) is 9.02. The van der Waals surface area contributed by atoms with Gasteiger partial charge < -0.3 is 20.3 Å². The Morgan fingerprint density at radius 2 is 1.96 bits per heavy atom. The Hall–Kier alpha value is -1.15. The monoisotopic (exact) mass is 399 g/mol. The number of hydrogen-bond acceptors (Lipinski definition) is 5. The number of carbonyl (C=O) groups is 1. The molecule has 0 spiro atoms. The predicted octanol–water partition coefficient (Wildman–Crippen LogP) is 1.99. The zero-order valence-electron chi connectivity index (χ0n) is 17.4. The molecule has 0 saturated carbocycles. The normalized spacial score (nSPS) is 22.0. The molecule has 0 aromatic rings. The molecule has 0 aliphatic carbocycles. The van der Waals surface area contributed by atoms with Gasteiger partial charge in [0, 0.05) is 51.6 Å². The lowest BCUT2D eigenvalue weighted by Gasteiger charge is -2.35. The van der Waals surface area contributed by atoms with Crippen molar-refractivity contribution in [1.29, 1.82) is 0 Å². The third kappa shape index (κ3) is 8.60. The number of ether oxygens (including phenoxy) is 1. The number of guanidine groups is 1. The minimum absolute atomic E-state index is 0.195. The maximum absolute atomic E-state index is 12.1. The summed E-state index contributed by atoms with van der Waals surface area (Å²) >= 11 is 2.06. The van der Waals surface area contributed by atoms with Crippen LogP contribution in [0.3, 0.4) is 0 Å². The van der Waals surface area contributed by atoms with E-state index in [0.29, 0.717) is 0 Å². The number of rotatable bonds is 6. The van der Waals surface area contributed by atoms with Crippen LogP contribution in [0.1, 0.15) is 40.0 Å². The van der Waals surface area contributed by atoms with Crippen molar-refractivity contribution in [3.63, 3.8) is 0 Å². The molecule has 2 heterocycles. The molecule has 0 aromatic heterocycles. The minimum Gasteiger partial charge on any atom is -0.444 e. The van der Waals surface area contributed by atoms with Crippen molar-refractivity contribution in [1.82, 2.24) is 20.4 Å². The molecule has 0 aromatic carbocycles. The van der Waals surface area contributed by atoms with Crippen molar-refractivity contribution >= 4 is 23.8 Å². The molecular formula is C19H37N5O2S. The van der Waals surface area contributed by atoms with Crippen LogP contribution in [-0.4, -0.2) is 91.3 Å². The maximum atomic E-state index is 12.1. The standard InChI is InChI=1S/C19H37N5O2S/c1-19(2,3)26-18(25)24-12-10-23(11-13-24)9-6-8-21-17(20-4)22-15-16-7-5-14-27-16/h16H,5-15H2,1-4H3,(H2,20,21,22). The lowest BCUT2D eigenvalue weighted by Crippen LogP contribution is -2.50. The number of carbonyl (C=O) groups excluding carboxylic acids is 1. The molecule has 2 aliphatic rings. The van der Waals surface area contributed by atoms with Crippen LogP contribution in [0.15, 0.2) is 4.99 Å². The predicted molar refractivity (Wildman–Crippen MR) is 114 cm³/mol. The fourth-order valence-electron chi connectivity index (χ4n) is 3.23. The molecule has 0 bridgehead atoms. The Morgan fingerprint density at radius 1 is 1.22 bits per heavy atom. The molecule has 1 unspecified atom stereocenters. The average molecular weight is 400 g/mol. The van der Waals surface area contributed by atoms with E-state index in [1.54, 1.807) is 0 Å². The van der Waals surface area contributed by atoms with Gasteiger partial charge in [0.15, 0.2) is 5.96 Å². The molecule has 2 fully saturated rings. The zero-order chi connectivity index (χ0) is 19.7. The van der Waals surface area contributed by atoms with E-state index in [1.165, 1.54) is 18.6 Å². The molecule has 8 heteroatoms. The Bertz CT molecular complexity index is 481. The SMILES string of the molecule is CN=C(NCCCN1CCN(C(=O)OC(C)(C)C)CC1)NCC1CCCS1. The number of hydrogen-bond donors (Lipinski definition) is 2. The third-order valence-electron chi connectivity index (χ3n) is 4.71. The summed E-state index contributed by atoms with van der Waals surface area (Å²) in [5.74, 6) is 2.19. The molecule has 2 saturated heterocycles. The van der Waals surface area contributed by atoms with Crippen molar-refractivity contribution < 1.29 is 9.53 Å². The second-order valence-electron chi connectivity index (χ2n) is 8.18. The van der Waals surface area contributed by atoms with Crippen LogP contribution in [0, 0.1) is 0 Å². The van der Waals surface area contributed by atoms with Crippen molar-refractivity contribution in [2.45, 2.75) is 50.9 Å². The Morgan fingerprint density at radius 3 is 2.56 bits per heavy atom. The van der Waals surface area contributed by atoms with E-state index in [0.717, 1.165) is 63.4 Å². The van der Waals surface area contributed by atoms with Crippen LogP contribution in [0.25, 0.3) is 0 Å². The molecule has 27 heavy (non-hydrogen) atoms. The van der Waals surface area contributed by atoms with Crippen LogP contribution in [0.4, 0.5) is 4.79 Å². The molecule has 0 radical (unpaired) electrons. The highest BCUT2D eigenvalue weighted by atomic mass is 32.2. The molecular weight excluding hydrogens is 362 g/mol. The first-order valence-electron chi connectivity index (χ1n) is 10.1. The number of piperazine rings is 1. The quantitative estimate of drug-likeness (QED) is 0.404. The van der Waals surface area contributed by atoms with Gasteiger partial charge in [0.25, 0.3) is 0 Å². The molecule has 2 N–H and O–H groups in total. The summed E-state index contributed by atoms with van der Waals surface area (Å²) < 4.78 is 5.45. The maximum Gasteiger partial charge on any atom is 0.410 e. The van der Waals surface area contributed by atoms with Gasteiger partial charge in [0.2, 0.25) is 0 Å². The van der Waals surface area contributed by atoms with Crippen molar-refractivity contribution in [3.05, 3.63) is 0 Å². The number of nitrogens with zero attached hydrogens (tertiary/aromatic N) is 3. The summed E-state index contributed by atoms with van der Waals surface area (Å²) in [5.41, 5.74) is -0.428. The first kappa shape index (κ1) is 22.1. The number of amides is 1. The van der Waals surface area contributed by atoms with Gasteiger partial charge in [-0.2, -0.15) is 11.8 Å². The van der Waals surface area contributed by atoms with Crippen LogP contribution in [-0.2, 0) is 4.74 Å². The van der Waals surface area contributed by atoms with Crippen LogP contribution >= 0.6 is 11.8 Å². The average Bonchev–Trinajstić information content (AvgIpc) is 3.13. The highest BCUT2D eigenvalue weighted by Crippen LogP contribution is 2.25. The van der Waals surface area contributed by atoms with Gasteiger partial charge in [-0.1, -0.05) is 0 Å². The van der Waals surface area contributed by atoms with Gasteiger partial charge in [-0.15, -0.1) is 0 Å². The molecule has 1 atom stereocenters. The van der Waals surface area contributed by atoms with Gasteiger partial charge in [-0.25, -0.2) is 4.79 Å². The molecule has 1 amide bonds. The lowest BCUT2D eigenvalue weighted by atomic mass is 10.2. The van der Waals surface area contributed by atoms with Gasteiger partial charge >= 0.3 is 6.09 Å². The Balaban J connectivity index is 1.55. The third-order valence-corrected chi connectivity index (χ3v) is 6.11. The van der Waals surface area contributed by atoms with Crippen molar-refractivity contribution in [2.75, 3.05) is 58.6 Å². The zero-order valence-corrected chi connectivity index (χ0v) is 18.2. The molecule has 7 nitrogen and oxygen atoms in total. The smallest absolute Gasteiger partial charge is 0.410 e. The first-order valence-corrected chi connectivity index (χ1v) is 11.2. The van der Waals surface area contributed by atoms with Gasteiger partial charge in [0.05, 0.1) is 0 Å². The summed E-state index contributed by atoms with van der Waals surface area (Å²) in [6.45, 7) is 12.0. The van der Waals surface area contributed by atoms with Crippen LogP contribution in [0.2, 0.25) is 0 Å². The summed E-state index contributed by atoms with van der Waals surface area (Å²) in [7, 11) is 1.83. The van der Waals surface area contributed by atoms with Crippen LogP contribution < -0.4 is 10.6 Å². The molecule has 2 rings (SSSR count). The second-order valence-corrected chi connectivity index (χ2v) is 9.59.